The van der Waals surface area contributed by atoms with Gasteiger partial charge in [0.1, 0.15) is 35.1 Å². The number of carbonyl (C=O) groups is 2. The van der Waals surface area contributed by atoms with Gasteiger partial charge in [-0.1, -0.05) is 6.92 Å². The molecule has 0 bridgehead atoms. The Hall–Kier alpha value is -4.46. The number of hydrogen-bond donors (Lipinski definition) is 3. The number of ether oxygens (including phenoxy) is 2. The summed E-state index contributed by atoms with van der Waals surface area (Å²) in [5.74, 6) is 0.456. The van der Waals surface area contributed by atoms with E-state index < -0.39 is 49.3 Å². The van der Waals surface area contributed by atoms with Crippen molar-refractivity contribution in [1.82, 2.24) is 34.0 Å². The zero-order valence-corrected chi connectivity index (χ0v) is 23.2. The predicted molar refractivity (Wildman–Crippen MR) is 154 cm³/mol. The van der Waals surface area contributed by atoms with Gasteiger partial charge < -0.3 is 25.8 Å². The number of aryl methyl sites for hydroxylation is 2. The average Bonchev–Trinajstić information content (AvgIpc) is 3.20. The molecule has 2 aliphatic carbocycles. The highest BCUT2D eigenvalue weighted by atomic mass is 16.5. The van der Waals surface area contributed by atoms with E-state index in [2.05, 4.69) is 20.4 Å². The van der Waals surface area contributed by atoms with Crippen molar-refractivity contribution in [3.05, 3.63) is 40.2 Å². The summed E-state index contributed by atoms with van der Waals surface area (Å²) < 4.78 is 67.5. The summed E-state index contributed by atoms with van der Waals surface area (Å²) >= 11 is 0. The highest BCUT2D eigenvalue weighted by molar-refractivity contribution is 5.90. The number of hydrogen-bond acceptors (Lipinski definition) is 9. The van der Waals surface area contributed by atoms with Gasteiger partial charge in [-0.05, 0) is 50.2 Å². The number of fused-ring (bicyclic) bond motifs is 2. The number of primary amides is 1. The van der Waals surface area contributed by atoms with Crippen LogP contribution in [0, 0.1) is 12.8 Å². The third-order valence-corrected chi connectivity index (χ3v) is 8.26. The van der Waals surface area contributed by atoms with Gasteiger partial charge in [-0.15, -0.1) is 0 Å². The molecule has 14 heteroatoms. The van der Waals surface area contributed by atoms with Crippen LogP contribution in [0.3, 0.4) is 0 Å². The lowest BCUT2D eigenvalue weighted by Crippen LogP contribution is -2.37. The van der Waals surface area contributed by atoms with Crippen molar-refractivity contribution in [2.24, 2.45) is 18.6 Å². The SMILES string of the molecule is [2H]C1(NC(=O)OC([2H])([2H])[2H])CCC(n2c(=O)n(C([2H])([2H])[2H])c3cnc(Nc4cc(C)c5nc(COC)n(C6(C(N)=O)CC6C)c5n4)cc32)C1. The highest BCUT2D eigenvalue weighted by Gasteiger charge is 2.59. The van der Waals surface area contributed by atoms with Crippen LogP contribution in [0.1, 0.15) is 59.6 Å². The molecule has 2 saturated carbocycles. The number of carbonyl (C=O) groups excluding carboxylic acids is 2. The first kappa shape index (κ1) is 20.4. The van der Waals surface area contributed by atoms with E-state index >= 15 is 0 Å². The molecule has 42 heavy (non-hydrogen) atoms. The van der Waals surface area contributed by atoms with Crippen molar-refractivity contribution in [2.75, 3.05) is 19.5 Å². The Morgan fingerprint density at radius 2 is 2.07 bits per heavy atom. The molecule has 4 atom stereocenters. The van der Waals surface area contributed by atoms with Gasteiger partial charge in [-0.3, -0.25) is 18.5 Å². The second-order valence-electron chi connectivity index (χ2n) is 10.9. The van der Waals surface area contributed by atoms with E-state index in [4.69, 9.17) is 30.0 Å². The summed E-state index contributed by atoms with van der Waals surface area (Å²) in [6, 6.07) is 0.792. The molecule has 0 spiro atoms. The first-order chi connectivity index (χ1) is 22.8. The van der Waals surface area contributed by atoms with Crippen molar-refractivity contribution in [3.8, 4) is 0 Å². The lowest BCUT2D eigenvalue weighted by Gasteiger charge is -2.19. The maximum atomic E-state index is 13.7. The number of nitrogens with two attached hydrogens (primary N) is 1. The minimum absolute atomic E-state index is 0.0146. The fourth-order valence-electron chi connectivity index (χ4n) is 6.13. The molecule has 0 aromatic carbocycles. The summed E-state index contributed by atoms with van der Waals surface area (Å²) in [4.78, 5) is 52.4. The number of pyridine rings is 2. The monoisotopic (exact) mass is 584 g/mol. The average molecular weight is 585 g/mol. The molecule has 2 amide bonds. The molecule has 2 fully saturated rings. The van der Waals surface area contributed by atoms with Crippen LogP contribution in [0.15, 0.2) is 23.1 Å². The molecular weight excluding hydrogens is 542 g/mol. The predicted octanol–water partition coefficient (Wildman–Crippen LogP) is 2.35. The number of methoxy groups -OCH3 is 2. The van der Waals surface area contributed by atoms with E-state index in [-0.39, 0.29) is 48.6 Å². The Morgan fingerprint density at radius 1 is 1.26 bits per heavy atom. The first-order valence-electron chi connectivity index (χ1n) is 16.9. The van der Waals surface area contributed by atoms with Crippen LogP contribution < -0.4 is 22.1 Å². The molecule has 0 aliphatic heterocycles. The number of imidazole rings is 2. The van der Waals surface area contributed by atoms with Crippen LogP contribution in [-0.2, 0) is 33.4 Å². The van der Waals surface area contributed by atoms with Gasteiger partial charge in [0, 0.05) is 36.3 Å². The van der Waals surface area contributed by atoms with E-state index in [0.29, 0.717) is 33.8 Å². The minimum Gasteiger partial charge on any atom is -0.453 e. The van der Waals surface area contributed by atoms with E-state index in [9.17, 15) is 14.4 Å². The third kappa shape index (κ3) is 4.28. The molecule has 6 rings (SSSR count). The number of alkyl carbamates (subject to hydrolysis) is 1. The zero-order chi connectivity index (χ0) is 35.8. The van der Waals surface area contributed by atoms with E-state index in [0.717, 1.165) is 5.56 Å². The van der Waals surface area contributed by atoms with Crippen LogP contribution >= 0.6 is 0 Å². The molecule has 4 aromatic heterocycles. The Labute approximate surface area is 251 Å². The van der Waals surface area contributed by atoms with Gasteiger partial charge in [0.05, 0.1) is 29.8 Å². The molecule has 222 valence electrons. The topological polar surface area (TPSA) is 173 Å². The molecule has 4 heterocycles. The van der Waals surface area contributed by atoms with Gasteiger partial charge in [0.2, 0.25) is 5.91 Å². The number of rotatable bonds is 8. The molecular formula is C28H35N9O5. The van der Waals surface area contributed by atoms with Gasteiger partial charge in [0.15, 0.2) is 5.65 Å². The smallest absolute Gasteiger partial charge is 0.407 e. The lowest BCUT2D eigenvalue weighted by molar-refractivity contribution is -0.122. The van der Waals surface area contributed by atoms with Crippen molar-refractivity contribution >= 4 is 45.8 Å². The second kappa shape index (κ2) is 10.1. The van der Waals surface area contributed by atoms with Crippen LogP contribution in [0.4, 0.5) is 16.4 Å². The lowest BCUT2D eigenvalue weighted by atomic mass is 10.2. The van der Waals surface area contributed by atoms with Crippen LogP contribution in [0.2, 0.25) is 0 Å². The number of amides is 2. The fraction of sp³-hybridized carbons (Fsp3) is 0.500. The van der Waals surface area contributed by atoms with Crippen LogP contribution in [0.5, 0.6) is 0 Å². The number of aromatic nitrogens is 6. The van der Waals surface area contributed by atoms with Crippen LogP contribution in [-0.4, -0.2) is 60.8 Å². The quantitative estimate of drug-likeness (QED) is 0.281. The highest BCUT2D eigenvalue weighted by Crippen LogP contribution is 2.52. The summed E-state index contributed by atoms with van der Waals surface area (Å²) in [6.07, 6.45) is 0.530. The molecule has 14 nitrogen and oxygen atoms in total. The van der Waals surface area contributed by atoms with Crippen molar-refractivity contribution in [1.29, 1.82) is 0 Å². The maximum Gasteiger partial charge on any atom is 0.407 e. The zero-order valence-electron chi connectivity index (χ0n) is 30.2. The largest absolute Gasteiger partial charge is 0.453 e. The van der Waals surface area contributed by atoms with Gasteiger partial charge in [-0.2, -0.15) is 0 Å². The normalized spacial score (nSPS) is 28.2. The molecule has 2 aliphatic rings. The molecule has 0 saturated heterocycles. The molecule has 0 radical (unpaired) electrons. The van der Waals surface area contributed by atoms with Gasteiger partial charge >= 0.3 is 11.8 Å². The maximum absolute atomic E-state index is 13.7. The minimum atomic E-state index is -3.01. The Morgan fingerprint density at radius 3 is 2.76 bits per heavy atom. The molecule has 4 unspecified atom stereocenters. The van der Waals surface area contributed by atoms with E-state index in [1.807, 2.05) is 13.8 Å². The van der Waals surface area contributed by atoms with Crippen molar-refractivity contribution in [3.63, 3.8) is 0 Å². The third-order valence-electron chi connectivity index (χ3n) is 8.26. The standard InChI is InChI=1S/C28H35N9O5/c1-14-8-21(33-24-23(14)34-22(13-41-4)37(24)28(25(29)38)11-15(28)2)32-20-10-18-19(12-30-20)35(3)27(40)36(18)17-7-6-16(9-17)31-26(39)42-5/h8,10,12,15-17H,6-7,9,11,13H2,1-5H3,(H2,29,38)(H,31,39)(H,30,32,33)/i3D3,5D3,16D. The Kier molecular flexibility index (Phi) is 4.92. The van der Waals surface area contributed by atoms with E-state index in [1.54, 1.807) is 10.6 Å². The fourth-order valence-corrected chi connectivity index (χ4v) is 6.13. The Balaban J connectivity index is 1.40. The Bertz CT molecular complexity index is 2060. The summed E-state index contributed by atoms with van der Waals surface area (Å²) in [6.45, 7) is 0.998. The van der Waals surface area contributed by atoms with E-state index in [1.165, 1.54) is 23.9 Å². The van der Waals surface area contributed by atoms with Gasteiger partial charge in [0.25, 0.3) is 0 Å². The molecule has 4 aromatic rings. The van der Waals surface area contributed by atoms with Crippen molar-refractivity contribution in [2.45, 2.75) is 63.7 Å². The first-order valence-corrected chi connectivity index (χ1v) is 13.4. The summed E-state index contributed by atoms with van der Waals surface area (Å²) in [5, 5.41) is 5.37. The summed E-state index contributed by atoms with van der Waals surface area (Å²) in [5.41, 5.74) is 5.91. The second-order valence-corrected chi connectivity index (χ2v) is 10.9. The number of anilines is 2. The number of nitrogens with one attached hydrogen (secondary N) is 2. The van der Waals surface area contributed by atoms with Crippen LogP contribution in [0.25, 0.3) is 22.2 Å². The number of nitrogens with zero attached hydrogens (tertiary/aromatic N) is 6. The summed E-state index contributed by atoms with van der Waals surface area (Å²) in [7, 11) is -1.49. The van der Waals surface area contributed by atoms with Crippen molar-refractivity contribution < 1.29 is 28.7 Å². The molecule has 4 N–H and O–H groups in total. The van der Waals surface area contributed by atoms with Gasteiger partial charge in [-0.25, -0.2) is 24.5 Å².